The number of amides is 1. The Kier molecular flexibility index (Phi) is 5.79. The molecule has 1 amide bonds. The number of carbonyl (C=O) groups excluding carboxylic acids is 1. The fourth-order valence-electron chi connectivity index (χ4n) is 2.38. The number of aromatic nitrogens is 1. The first kappa shape index (κ1) is 18.7. The third-order valence-electron chi connectivity index (χ3n) is 3.67. The number of carbonyl (C=O) groups is 1. The van der Waals surface area contributed by atoms with Gasteiger partial charge in [-0.05, 0) is 40.8 Å². The lowest BCUT2D eigenvalue weighted by molar-refractivity contribution is -0.384. The van der Waals surface area contributed by atoms with Gasteiger partial charge in [0.2, 0.25) is 0 Å². The molecule has 1 aromatic heterocycles. The van der Waals surface area contributed by atoms with Crippen molar-refractivity contribution >= 4 is 60.9 Å². The van der Waals surface area contributed by atoms with Gasteiger partial charge in [-0.15, -0.1) is 0 Å². The van der Waals surface area contributed by atoms with E-state index in [1.54, 1.807) is 13.2 Å². The smallest absolute Gasteiger partial charge is 0.270 e. The molecule has 0 N–H and O–H groups in total. The van der Waals surface area contributed by atoms with E-state index < -0.39 is 4.92 Å². The number of methoxy groups -OCH3 is 1. The van der Waals surface area contributed by atoms with Crippen molar-refractivity contribution in [3.05, 3.63) is 61.7 Å². The maximum absolute atomic E-state index is 13.1. The highest BCUT2D eigenvalue weighted by Crippen LogP contribution is 2.30. The third kappa shape index (κ3) is 3.84. The standard InChI is InChI=1S/C17H14IN3O4S/c1-25-9-8-20(17-19-14-4-2-3-5-15(14)26-17)16(22)12-10-11(21(23)24)6-7-13(12)18/h2-7,10H,8-9H2,1H3. The molecule has 1 heterocycles. The Hall–Kier alpha value is -2.11. The van der Waals surface area contributed by atoms with E-state index in [0.717, 1.165) is 10.2 Å². The minimum atomic E-state index is -0.510. The van der Waals surface area contributed by atoms with E-state index in [2.05, 4.69) is 4.98 Å². The van der Waals surface area contributed by atoms with Gasteiger partial charge < -0.3 is 4.74 Å². The van der Waals surface area contributed by atoms with Gasteiger partial charge in [0.25, 0.3) is 11.6 Å². The Morgan fingerprint density at radius 3 is 2.81 bits per heavy atom. The number of benzene rings is 2. The van der Waals surface area contributed by atoms with Crippen LogP contribution in [0.1, 0.15) is 10.4 Å². The lowest BCUT2D eigenvalue weighted by Crippen LogP contribution is -2.34. The molecule has 3 aromatic rings. The molecule has 0 fully saturated rings. The summed E-state index contributed by atoms with van der Waals surface area (Å²) in [6.45, 7) is 0.626. The van der Waals surface area contributed by atoms with E-state index in [-0.39, 0.29) is 17.2 Å². The SMILES string of the molecule is COCCN(C(=O)c1cc([N+](=O)[O-])ccc1I)c1nc2ccccc2s1. The molecule has 26 heavy (non-hydrogen) atoms. The van der Waals surface area contributed by atoms with Crippen LogP contribution in [0.4, 0.5) is 10.8 Å². The van der Waals surface area contributed by atoms with Gasteiger partial charge in [0.1, 0.15) is 0 Å². The lowest BCUT2D eigenvalue weighted by atomic mass is 10.2. The van der Waals surface area contributed by atoms with Crippen LogP contribution in [0.15, 0.2) is 42.5 Å². The molecule has 0 saturated carbocycles. The number of rotatable bonds is 6. The number of nitro groups is 1. The number of nitro benzene ring substituents is 1. The van der Waals surface area contributed by atoms with Crippen molar-refractivity contribution in [1.82, 2.24) is 4.98 Å². The molecule has 0 bridgehead atoms. The molecule has 2 aromatic carbocycles. The van der Waals surface area contributed by atoms with Crippen LogP contribution in [0.2, 0.25) is 0 Å². The topological polar surface area (TPSA) is 85.6 Å². The summed E-state index contributed by atoms with van der Waals surface area (Å²) in [6.07, 6.45) is 0. The second-order valence-electron chi connectivity index (χ2n) is 5.34. The Labute approximate surface area is 166 Å². The number of hydrogen-bond acceptors (Lipinski definition) is 6. The van der Waals surface area contributed by atoms with E-state index >= 15 is 0 Å². The largest absolute Gasteiger partial charge is 0.383 e. The first-order valence-corrected chi connectivity index (χ1v) is 9.51. The quantitative estimate of drug-likeness (QED) is 0.300. The summed E-state index contributed by atoms with van der Waals surface area (Å²) in [4.78, 5) is 29.7. The highest BCUT2D eigenvalue weighted by Gasteiger charge is 2.24. The van der Waals surface area contributed by atoms with Crippen molar-refractivity contribution in [1.29, 1.82) is 0 Å². The van der Waals surface area contributed by atoms with Gasteiger partial charge in [0.15, 0.2) is 5.13 Å². The summed E-state index contributed by atoms with van der Waals surface area (Å²) in [5.74, 6) is -0.339. The molecule has 0 aliphatic rings. The molecule has 0 aliphatic heterocycles. The summed E-state index contributed by atoms with van der Waals surface area (Å²) in [6, 6.07) is 11.9. The van der Waals surface area contributed by atoms with Gasteiger partial charge in [-0.2, -0.15) is 0 Å². The van der Waals surface area contributed by atoms with Crippen molar-refractivity contribution in [2.24, 2.45) is 0 Å². The van der Waals surface area contributed by atoms with E-state index in [9.17, 15) is 14.9 Å². The van der Waals surface area contributed by atoms with Crippen molar-refractivity contribution in [3.63, 3.8) is 0 Å². The highest BCUT2D eigenvalue weighted by molar-refractivity contribution is 14.1. The number of fused-ring (bicyclic) bond motifs is 1. The maximum atomic E-state index is 13.1. The number of anilines is 1. The summed E-state index contributed by atoms with van der Waals surface area (Å²) in [5, 5.41) is 11.6. The molecule has 7 nitrogen and oxygen atoms in total. The maximum Gasteiger partial charge on any atom is 0.270 e. The molecular formula is C17H14IN3O4S. The van der Waals surface area contributed by atoms with Crippen LogP contribution in [-0.2, 0) is 4.74 Å². The normalized spacial score (nSPS) is 10.8. The highest BCUT2D eigenvalue weighted by atomic mass is 127. The van der Waals surface area contributed by atoms with Gasteiger partial charge in [0.05, 0.1) is 33.9 Å². The Bertz CT molecular complexity index is 943. The molecular weight excluding hydrogens is 469 g/mol. The van der Waals surface area contributed by atoms with E-state index in [0.29, 0.717) is 21.9 Å². The van der Waals surface area contributed by atoms with Crippen LogP contribution in [0.25, 0.3) is 10.2 Å². The van der Waals surface area contributed by atoms with E-state index in [1.165, 1.54) is 28.4 Å². The fourth-order valence-corrected chi connectivity index (χ4v) is 3.93. The third-order valence-corrected chi connectivity index (χ3v) is 5.67. The summed E-state index contributed by atoms with van der Waals surface area (Å²) < 4.78 is 6.72. The molecule has 0 atom stereocenters. The van der Waals surface area contributed by atoms with Crippen LogP contribution in [0, 0.1) is 13.7 Å². The number of non-ortho nitro benzene ring substituents is 1. The Morgan fingerprint density at radius 2 is 2.12 bits per heavy atom. The zero-order valence-electron chi connectivity index (χ0n) is 13.7. The van der Waals surface area contributed by atoms with Crippen molar-refractivity contribution in [2.45, 2.75) is 0 Å². The minimum Gasteiger partial charge on any atom is -0.383 e. The predicted molar refractivity (Wildman–Crippen MR) is 109 cm³/mol. The summed E-state index contributed by atoms with van der Waals surface area (Å²) in [5.41, 5.74) is 0.955. The Balaban J connectivity index is 2.03. The summed E-state index contributed by atoms with van der Waals surface area (Å²) in [7, 11) is 1.55. The van der Waals surface area contributed by atoms with Crippen LogP contribution in [0.5, 0.6) is 0 Å². The average molecular weight is 483 g/mol. The fraction of sp³-hybridized carbons (Fsp3) is 0.176. The zero-order chi connectivity index (χ0) is 18.7. The van der Waals surface area contributed by atoms with Gasteiger partial charge in [-0.1, -0.05) is 23.5 Å². The van der Waals surface area contributed by atoms with Gasteiger partial charge >= 0.3 is 0 Å². The van der Waals surface area contributed by atoms with Gasteiger partial charge in [-0.25, -0.2) is 4.98 Å². The molecule has 0 aliphatic carbocycles. The van der Waals surface area contributed by atoms with Crippen LogP contribution < -0.4 is 4.90 Å². The number of ether oxygens (including phenoxy) is 1. The van der Waals surface area contributed by atoms with E-state index in [1.807, 2.05) is 46.9 Å². The van der Waals surface area contributed by atoms with Crippen LogP contribution in [-0.4, -0.2) is 36.1 Å². The molecule has 3 rings (SSSR count). The molecule has 134 valence electrons. The predicted octanol–water partition coefficient (Wildman–Crippen LogP) is 4.10. The van der Waals surface area contributed by atoms with Crippen molar-refractivity contribution < 1.29 is 14.5 Å². The van der Waals surface area contributed by atoms with Gasteiger partial charge in [-0.3, -0.25) is 19.8 Å². The zero-order valence-corrected chi connectivity index (χ0v) is 16.7. The summed E-state index contributed by atoms with van der Waals surface area (Å²) >= 11 is 3.40. The average Bonchev–Trinajstić information content (AvgIpc) is 3.05. The number of thiazole rings is 1. The minimum absolute atomic E-state index is 0.121. The second-order valence-corrected chi connectivity index (χ2v) is 7.51. The molecule has 0 radical (unpaired) electrons. The lowest BCUT2D eigenvalue weighted by Gasteiger charge is -2.20. The second kappa shape index (κ2) is 8.06. The van der Waals surface area contributed by atoms with Crippen LogP contribution >= 0.6 is 33.9 Å². The van der Waals surface area contributed by atoms with E-state index in [4.69, 9.17) is 4.74 Å². The molecule has 0 unspecified atom stereocenters. The molecule has 9 heteroatoms. The molecule has 0 saturated heterocycles. The number of para-hydroxylation sites is 1. The van der Waals surface area contributed by atoms with Crippen molar-refractivity contribution in [3.8, 4) is 0 Å². The van der Waals surface area contributed by atoms with Crippen LogP contribution in [0.3, 0.4) is 0 Å². The van der Waals surface area contributed by atoms with Gasteiger partial charge in [0, 0.05) is 22.8 Å². The molecule has 0 spiro atoms. The number of halogens is 1. The monoisotopic (exact) mass is 483 g/mol. The Morgan fingerprint density at radius 1 is 1.35 bits per heavy atom. The first-order chi connectivity index (χ1) is 12.5. The van der Waals surface area contributed by atoms with Crippen molar-refractivity contribution in [2.75, 3.05) is 25.2 Å². The number of nitrogens with zero attached hydrogens (tertiary/aromatic N) is 3. The first-order valence-electron chi connectivity index (χ1n) is 7.61. The number of hydrogen-bond donors (Lipinski definition) is 0.